The first kappa shape index (κ1) is 22.0. The van der Waals surface area contributed by atoms with Gasteiger partial charge in [0.1, 0.15) is 28.9 Å². The van der Waals surface area contributed by atoms with E-state index in [1.807, 2.05) is 0 Å². The van der Waals surface area contributed by atoms with E-state index in [0.717, 1.165) is 19.2 Å². The van der Waals surface area contributed by atoms with Gasteiger partial charge in [-0.25, -0.2) is 14.3 Å². The number of aromatic nitrogens is 3. The third-order valence-corrected chi connectivity index (χ3v) is 4.41. The average molecular weight is 457 g/mol. The van der Waals surface area contributed by atoms with Gasteiger partial charge in [0.25, 0.3) is 11.2 Å². The Balaban J connectivity index is 2.04. The van der Waals surface area contributed by atoms with E-state index in [0.29, 0.717) is 10.1 Å². The van der Waals surface area contributed by atoms with E-state index in [9.17, 15) is 32.9 Å². The van der Waals surface area contributed by atoms with Gasteiger partial charge in [-0.05, 0) is 18.2 Å². The van der Waals surface area contributed by atoms with Crippen molar-refractivity contribution in [1.82, 2.24) is 14.1 Å². The van der Waals surface area contributed by atoms with Crippen LogP contribution in [0.15, 0.2) is 52.2 Å². The normalized spacial score (nSPS) is 11.4. The highest BCUT2D eigenvalue weighted by molar-refractivity contribution is 6.29. The van der Waals surface area contributed by atoms with Crippen molar-refractivity contribution in [3.8, 4) is 11.4 Å². The molecule has 0 bridgehead atoms. The van der Waals surface area contributed by atoms with Crippen LogP contribution in [0.3, 0.4) is 0 Å². The predicted octanol–water partition coefficient (Wildman–Crippen LogP) is 3.09. The number of nitro groups is 1. The Bertz CT molecular complexity index is 1270. The Morgan fingerprint density at radius 2 is 1.90 bits per heavy atom. The molecule has 0 amide bonds. The summed E-state index contributed by atoms with van der Waals surface area (Å²) in [6.07, 6.45) is -3.51. The van der Waals surface area contributed by atoms with Crippen LogP contribution in [0.4, 0.5) is 18.9 Å². The van der Waals surface area contributed by atoms with Gasteiger partial charge in [0.2, 0.25) is 0 Å². The van der Waals surface area contributed by atoms with E-state index in [-0.39, 0.29) is 28.1 Å². The number of hydrogen-bond donors (Lipinski definition) is 0. The Hall–Kier alpha value is -3.67. The van der Waals surface area contributed by atoms with E-state index in [1.165, 1.54) is 18.3 Å². The zero-order chi connectivity index (χ0) is 22.9. The lowest BCUT2D eigenvalue weighted by molar-refractivity contribution is -0.384. The lowest BCUT2D eigenvalue weighted by Crippen LogP contribution is -2.40. The molecule has 0 radical (unpaired) electrons. The summed E-state index contributed by atoms with van der Waals surface area (Å²) in [6.45, 7) is -0.0112. The molecule has 0 saturated heterocycles. The minimum atomic E-state index is -4.95. The van der Waals surface area contributed by atoms with Gasteiger partial charge in [-0.15, -0.1) is 0 Å². The molecule has 0 unspecified atom stereocenters. The summed E-state index contributed by atoms with van der Waals surface area (Å²) in [5.41, 5.74) is -4.80. The summed E-state index contributed by atoms with van der Waals surface area (Å²) in [5, 5.41) is 11.8. The van der Waals surface area contributed by atoms with Crippen LogP contribution in [0.25, 0.3) is 5.69 Å². The first-order valence-corrected chi connectivity index (χ1v) is 8.79. The van der Waals surface area contributed by atoms with Gasteiger partial charge < -0.3 is 4.74 Å². The Morgan fingerprint density at radius 1 is 1.19 bits per heavy atom. The van der Waals surface area contributed by atoms with Crippen LogP contribution in [-0.4, -0.2) is 19.0 Å². The summed E-state index contributed by atoms with van der Waals surface area (Å²) >= 11 is 5.69. The van der Waals surface area contributed by atoms with Crippen LogP contribution in [0.5, 0.6) is 5.75 Å². The Morgan fingerprint density at radius 3 is 2.48 bits per heavy atom. The van der Waals surface area contributed by atoms with Crippen molar-refractivity contribution < 1.29 is 22.8 Å². The number of nitro benzene ring substituents is 1. The number of ether oxygens (including phenoxy) is 1. The average Bonchev–Trinajstić information content (AvgIpc) is 2.70. The maximum absolute atomic E-state index is 13.0. The fraction of sp³-hybridized carbons (Fsp3) is 0.167. The first-order valence-electron chi connectivity index (χ1n) is 8.41. The number of alkyl halides is 3. The van der Waals surface area contributed by atoms with Gasteiger partial charge in [0, 0.05) is 24.9 Å². The largest absolute Gasteiger partial charge is 0.489 e. The highest BCUT2D eigenvalue weighted by atomic mass is 35.5. The monoisotopic (exact) mass is 456 g/mol. The van der Waals surface area contributed by atoms with Crippen molar-refractivity contribution in [3.63, 3.8) is 0 Å². The van der Waals surface area contributed by atoms with Gasteiger partial charge >= 0.3 is 11.9 Å². The fourth-order valence-electron chi connectivity index (χ4n) is 2.71. The van der Waals surface area contributed by atoms with E-state index in [4.69, 9.17) is 16.3 Å². The third-order valence-electron chi connectivity index (χ3n) is 4.19. The second-order valence-electron chi connectivity index (χ2n) is 6.23. The zero-order valence-electron chi connectivity index (χ0n) is 15.6. The van der Waals surface area contributed by atoms with Crippen molar-refractivity contribution in [2.45, 2.75) is 12.8 Å². The molecule has 2 heterocycles. The predicted molar refractivity (Wildman–Crippen MR) is 103 cm³/mol. The fourth-order valence-corrected chi connectivity index (χ4v) is 2.82. The number of pyridine rings is 1. The number of rotatable bonds is 5. The highest BCUT2D eigenvalue weighted by Gasteiger charge is 2.35. The molecule has 2 aromatic heterocycles. The summed E-state index contributed by atoms with van der Waals surface area (Å²) in [7, 11) is 0.810. The summed E-state index contributed by atoms with van der Waals surface area (Å²) in [6, 6.07) is 6.60. The van der Waals surface area contributed by atoms with Crippen LogP contribution in [0.2, 0.25) is 5.15 Å². The highest BCUT2D eigenvalue weighted by Crippen LogP contribution is 2.29. The van der Waals surface area contributed by atoms with Gasteiger partial charge in [-0.3, -0.25) is 19.5 Å². The van der Waals surface area contributed by atoms with Crippen LogP contribution >= 0.6 is 11.6 Å². The number of benzene rings is 1. The van der Waals surface area contributed by atoms with Gasteiger partial charge in [0.15, 0.2) is 0 Å². The van der Waals surface area contributed by atoms with Crippen LogP contribution < -0.4 is 16.0 Å². The lowest BCUT2D eigenvalue weighted by Gasteiger charge is -2.14. The van der Waals surface area contributed by atoms with Crippen LogP contribution in [0.1, 0.15) is 11.3 Å². The molecule has 0 N–H and O–H groups in total. The van der Waals surface area contributed by atoms with Crippen molar-refractivity contribution in [3.05, 3.63) is 90.0 Å². The molecule has 0 aliphatic rings. The molecule has 3 rings (SSSR count). The second-order valence-corrected chi connectivity index (χ2v) is 6.62. The van der Waals surface area contributed by atoms with Crippen LogP contribution in [-0.2, 0) is 19.8 Å². The number of nitrogens with zero attached hydrogens (tertiary/aromatic N) is 4. The van der Waals surface area contributed by atoms with E-state index in [1.54, 1.807) is 6.07 Å². The molecule has 0 fully saturated rings. The summed E-state index contributed by atoms with van der Waals surface area (Å²) < 4.78 is 45.0. The summed E-state index contributed by atoms with van der Waals surface area (Å²) in [4.78, 5) is 39.1. The minimum Gasteiger partial charge on any atom is -0.489 e. The SMILES string of the molecule is Cn1c(C(F)(F)F)cc(=O)n(-c2ccc(OCc3ccc(Cl)nc3)cc2[N+](=O)[O-])c1=O. The minimum absolute atomic E-state index is 0.0112. The molecule has 0 aliphatic carbocycles. The van der Waals surface area contributed by atoms with Crippen molar-refractivity contribution >= 4 is 17.3 Å². The molecule has 31 heavy (non-hydrogen) atoms. The van der Waals surface area contributed by atoms with Crippen molar-refractivity contribution in [1.29, 1.82) is 0 Å². The molecule has 0 saturated carbocycles. The Kier molecular flexibility index (Phi) is 5.84. The van der Waals surface area contributed by atoms with E-state index >= 15 is 0 Å². The number of hydrogen-bond acceptors (Lipinski definition) is 6. The van der Waals surface area contributed by atoms with E-state index in [2.05, 4.69) is 4.98 Å². The third kappa shape index (κ3) is 4.58. The quantitative estimate of drug-likeness (QED) is 0.331. The molecule has 0 spiro atoms. The van der Waals surface area contributed by atoms with Gasteiger partial charge in [-0.2, -0.15) is 13.2 Å². The molecule has 9 nitrogen and oxygen atoms in total. The Labute approximate surface area is 176 Å². The first-order chi connectivity index (χ1) is 14.5. The molecule has 1 aromatic carbocycles. The summed E-state index contributed by atoms with van der Waals surface area (Å²) in [5.74, 6) is 0.0298. The maximum Gasteiger partial charge on any atom is 0.431 e. The second kappa shape index (κ2) is 8.22. The molecule has 162 valence electrons. The topological polar surface area (TPSA) is 109 Å². The van der Waals surface area contributed by atoms with Gasteiger partial charge in [0.05, 0.1) is 11.0 Å². The maximum atomic E-state index is 13.0. The smallest absolute Gasteiger partial charge is 0.431 e. The van der Waals surface area contributed by atoms with Crippen molar-refractivity contribution in [2.75, 3.05) is 0 Å². The molecule has 0 atom stereocenters. The van der Waals surface area contributed by atoms with Crippen molar-refractivity contribution in [2.24, 2.45) is 7.05 Å². The molecule has 0 aliphatic heterocycles. The lowest BCUT2D eigenvalue weighted by atomic mass is 10.2. The van der Waals surface area contributed by atoms with Crippen LogP contribution in [0, 0.1) is 10.1 Å². The molecule has 3 aromatic rings. The molecule has 13 heteroatoms. The van der Waals surface area contributed by atoms with Gasteiger partial charge in [-0.1, -0.05) is 17.7 Å². The molecular formula is C18H12ClF3N4O5. The zero-order valence-corrected chi connectivity index (χ0v) is 16.3. The number of halogens is 4. The standard InChI is InChI=1S/C18H12ClF3N4O5/c1-24-14(18(20,21)22)7-16(27)25(17(24)28)12-4-3-11(6-13(12)26(29)30)31-9-10-2-5-15(19)23-8-10/h2-8H,9H2,1H3. The molecular weight excluding hydrogens is 445 g/mol. The van der Waals surface area contributed by atoms with E-state index < -0.39 is 39.4 Å².